The number of anilines is 1. The molecule has 3 rings (SSSR count). The van der Waals surface area contributed by atoms with Gasteiger partial charge in [0.2, 0.25) is 0 Å². The molecule has 0 N–H and O–H groups in total. The molecule has 0 fully saturated rings. The van der Waals surface area contributed by atoms with Crippen LogP contribution in [-0.4, -0.2) is 18.6 Å². The molecule has 0 amide bonds. The van der Waals surface area contributed by atoms with E-state index >= 15 is 0 Å². The molecule has 1 aromatic heterocycles. The number of hydrogen-bond donors (Lipinski definition) is 0. The molecule has 0 aliphatic carbocycles. The van der Waals surface area contributed by atoms with Crippen molar-refractivity contribution in [3.63, 3.8) is 0 Å². The highest BCUT2D eigenvalue weighted by atomic mass is 15.2. The second-order valence-corrected chi connectivity index (χ2v) is 4.34. The predicted molar refractivity (Wildman–Crippen MR) is 63.5 cm³/mol. The van der Waals surface area contributed by atoms with E-state index in [9.17, 15) is 0 Å². The van der Waals surface area contributed by atoms with E-state index in [1.165, 1.54) is 16.5 Å². The second-order valence-electron chi connectivity index (χ2n) is 4.34. The van der Waals surface area contributed by atoms with Crippen molar-refractivity contribution in [2.45, 2.75) is 13.3 Å². The molecule has 76 valence electrons. The molecule has 0 atom stereocenters. The zero-order valence-corrected chi connectivity index (χ0v) is 9.12. The summed E-state index contributed by atoms with van der Waals surface area (Å²) in [5, 5.41) is 1.27. The van der Waals surface area contributed by atoms with Gasteiger partial charge in [-0.25, -0.2) is 4.98 Å². The zero-order valence-electron chi connectivity index (χ0n) is 9.12. The van der Waals surface area contributed by atoms with Crippen LogP contribution in [0.15, 0.2) is 24.3 Å². The predicted octanol–water partition coefficient (Wildman–Crippen LogP) is 2.54. The van der Waals surface area contributed by atoms with Crippen molar-refractivity contribution >= 4 is 16.7 Å². The lowest BCUT2D eigenvalue weighted by Gasteiger charge is -2.11. The molecule has 2 nitrogen and oxygen atoms in total. The second kappa shape index (κ2) is 2.96. The van der Waals surface area contributed by atoms with E-state index in [2.05, 4.69) is 43.1 Å². The van der Waals surface area contributed by atoms with Gasteiger partial charge < -0.3 is 4.90 Å². The van der Waals surface area contributed by atoms with Gasteiger partial charge in [-0.3, -0.25) is 0 Å². The van der Waals surface area contributed by atoms with E-state index in [0.717, 1.165) is 24.3 Å². The number of aryl methyl sites for hydroxylation is 1. The van der Waals surface area contributed by atoms with Crippen molar-refractivity contribution in [2.75, 3.05) is 18.5 Å². The van der Waals surface area contributed by atoms with E-state index in [1.54, 1.807) is 0 Å². The summed E-state index contributed by atoms with van der Waals surface area (Å²) in [6, 6.07) is 8.73. The number of benzene rings is 1. The fraction of sp³-hybridized carbons (Fsp3) is 0.308. The minimum Gasteiger partial charge on any atom is -0.359 e. The molecule has 0 saturated heterocycles. The van der Waals surface area contributed by atoms with Crippen molar-refractivity contribution in [1.29, 1.82) is 0 Å². The van der Waals surface area contributed by atoms with Crippen molar-refractivity contribution in [3.05, 3.63) is 35.4 Å². The largest absolute Gasteiger partial charge is 0.359 e. The number of likely N-dealkylation sites (N-methyl/N-ethyl adjacent to an activating group) is 1. The number of aromatic nitrogens is 1. The Balaban J connectivity index is 2.30. The molecule has 0 saturated carbocycles. The standard InChI is InChI=1S/C13H14N2/c1-9-3-4-12-11(7-9)8-10-5-6-15(2)13(10)14-12/h3-4,7-8H,5-6H2,1-2H3. The smallest absolute Gasteiger partial charge is 0.132 e. The molecule has 2 heteroatoms. The fourth-order valence-electron chi connectivity index (χ4n) is 2.24. The van der Waals surface area contributed by atoms with Gasteiger partial charge in [0.25, 0.3) is 0 Å². The summed E-state index contributed by atoms with van der Waals surface area (Å²) in [4.78, 5) is 6.93. The normalized spacial score (nSPS) is 14.7. The summed E-state index contributed by atoms with van der Waals surface area (Å²) in [5.74, 6) is 1.16. The maximum atomic E-state index is 4.70. The Morgan fingerprint density at radius 2 is 2.13 bits per heavy atom. The van der Waals surface area contributed by atoms with Crippen molar-refractivity contribution in [2.24, 2.45) is 0 Å². The average molecular weight is 198 g/mol. The monoisotopic (exact) mass is 198 g/mol. The van der Waals surface area contributed by atoms with Gasteiger partial charge in [-0.15, -0.1) is 0 Å². The summed E-state index contributed by atoms with van der Waals surface area (Å²) in [5.41, 5.74) is 3.79. The van der Waals surface area contributed by atoms with Gasteiger partial charge in [-0.1, -0.05) is 11.6 Å². The van der Waals surface area contributed by atoms with Crippen LogP contribution in [-0.2, 0) is 6.42 Å². The van der Waals surface area contributed by atoms with Gasteiger partial charge in [0.05, 0.1) is 5.52 Å². The highest BCUT2D eigenvalue weighted by Crippen LogP contribution is 2.28. The summed E-state index contributed by atoms with van der Waals surface area (Å²) >= 11 is 0. The lowest BCUT2D eigenvalue weighted by atomic mass is 10.1. The van der Waals surface area contributed by atoms with Gasteiger partial charge >= 0.3 is 0 Å². The number of fused-ring (bicyclic) bond motifs is 2. The van der Waals surface area contributed by atoms with E-state index in [1.807, 2.05) is 0 Å². The van der Waals surface area contributed by atoms with Crippen molar-refractivity contribution in [1.82, 2.24) is 4.98 Å². The van der Waals surface area contributed by atoms with E-state index in [-0.39, 0.29) is 0 Å². The van der Waals surface area contributed by atoms with Crippen LogP contribution < -0.4 is 4.90 Å². The van der Waals surface area contributed by atoms with E-state index in [0.29, 0.717) is 0 Å². The maximum absolute atomic E-state index is 4.70. The Hall–Kier alpha value is -1.57. The van der Waals surface area contributed by atoms with Crippen LogP contribution in [0.1, 0.15) is 11.1 Å². The van der Waals surface area contributed by atoms with Crippen LogP contribution in [0.25, 0.3) is 10.9 Å². The molecule has 2 heterocycles. The first-order valence-corrected chi connectivity index (χ1v) is 5.35. The van der Waals surface area contributed by atoms with E-state index in [4.69, 9.17) is 4.98 Å². The maximum Gasteiger partial charge on any atom is 0.132 e. The first kappa shape index (κ1) is 8.72. The SMILES string of the molecule is Cc1ccc2nc3c(cc2c1)CCN3C. The van der Waals surface area contributed by atoms with Crippen LogP contribution in [0.4, 0.5) is 5.82 Å². The fourth-order valence-corrected chi connectivity index (χ4v) is 2.24. The molecule has 2 aromatic rings. The minimum atomic E-state index is 1.09. The summed E-state index contributed by atoms with van der Waals surface area (Å²) in [6.07, 6.45) is 1.13. The Morgan fingerprint density at radius 3 is 3.00 bits per heavy atom. The molecule has 0 spiro atoms. The summed E-state index contributed by atoms with van der Waals surface area (Å²) in [7, 11) is 2.11. The molecule has 0 bridgehead atoms. The number of rotatable bonds is 0. The molecular formula is C13H14N2. The van der Waals surface area contributed by atoms with Crippen LogP contribution in [0.3, 0.4) is 0 Å². The van der Waals surface area contributed by atoms with Crippen LogP contribution in [0, 0.1) is 6.92 Å². The minimum absolute atomic E-state index is 1.09. The van der Waals surface area contributed by atoms with Crippen LogP contribution in [0.5, 0.6) is 0 Å². The number of hydrogen-bond acceptors (Lipinski definition) is 2. The number of pyridine rings is 1. The molecule has 15 heavy (non-hydrogen) atoms. The van der Waals surface area contributed by atoms with Crippen molar-refractivity contribution in [3.8, 4) is 0 Å². The number of nitrogens with zero attached hydrogens (tertiary/aromatic N) is 2. The average Bonchev–Trinajstić information content (AvgIpc) is 2.57. The molecule has 0 unspecified atom stereocenters. The molecule has 1 aromatic carbocycles. The third kappa shape index (κ3) is 1.29. The highest BCUT2D eigenvalue weighted by Gasteiger charge is 2.17. The zero-order chi connectivity index (χ0) is 10.4. The molecule has 1 aliphatic heterocycles. The Morgan fingerprint density at radius 1 is 1.27 bits per heavy atom. The van der Waals surface area contributed by atoms with Crippen LogP contribution >= 0.6 is 0 Å². The van der Waals surface area contributed by atoms with Gasteiger partial charge in [0.15, 0.2) is 0 Å². The third-order valence-electron chi connectivity index (χ3n) is 3.10. The van der Waals surface area contributed by atoms with Crippen molar-refractivity contribution < 1.29 is 0 Å². The lowest BCUT2D eigenvalue weighted by Crippen LogP contribution is -2.13. The highest BCUT2D eigenvalue weighted by molar-refractivity contribution is 5.83. The van der Waals surface area contributed by atoms with Gasteiger partial charge in [0, 0.05) is 19.0 Å². The van der Waals surface area contributed by atoms with Gasteiger partial charge in [0.1, 0.15) is 5.82 Å². The van der Waals surface area contributed by atoms with Crippen LogP contribution in [0.2, 0.25) is 0 Å². The van der Waals surface area contributed by atoms with Gasteiger partial charge in [-0.2, -0.15) is 0 Å². The van der Waals surface area contributed by atoms with Gasteiger partial charge in [-0.05, 0) is 37.1 Å². The Bertz CT molecular complexity index is 531. The first-order chi connectivity index (χ1) is 7.24. The Kier molecular flexibility index (Phi) is 1.72. The summed E-state index contributed by atoms with van der Waals surface area (Å²) in [6.45, 7) is 3.22. The molecule has 1 aliphatic rings. The Labute approximate surface area is 89.5 Å². The van der Waals surface area contributed by atoms with E-state index < -0.39 is 0 Å². The summed E-state index contributed by atoms with van der Waals surface area (Å²) < 4.78 is 0. The third-order valence-corrected chi connectivity index (χ3v) is 3.10. The quantitative estimate of drug-likeness (QED) is 0.646. The lowest BCUT2D eigenvalue weighted by molar-refractivity contribution is 0.947. The topological polar surface area (TPSA) is 16.1 Å². The first-order valence-electron chi connectivity index (χ1n) is 5.35. The molecular weight excluding hydrogens is 184 g/mol. The molecule has 0 radical (unpaired) electrons.